The van der Waals surface area contributed by atoms with Crippen molar-refractivity contribution in [2.24, 2.45) is 0 Å². The molecule has 3 amide bonds. The van der Waals surface area contributed by atoms with E-state index in [1.165, 1.54) is 43.3 Å². The van der Waals surface area contributed by atoms with E-state index in [9.17, 15) is 29.3 Å². The average Bonchev–Trinajstić information content (AvgIpc) is 2.71. The molecule has 0 saturated carbocycles. The van der Waals surface area contributed by atoms with Gasteiger partial charge in [0.2, 0.25) is 0 Å². The van der Waals surface area contributed by atoms with E-state index in [0.29, 0.717) is 0 Å². The molecule has 11 heteroatoms. The lowest BCUT2D eigenvalue weighted by Crippen LogP contribution is -2.50. The molecule has 0 heterocycles. The van der Waals surface area contributed by atoms with Crippen LogP contribution >= 0.6 is 11.6 Å². The van der Waals surface area contributed by atoms with E-state index in [-0.39, 0.29) is 21.7 Å². The highest BCUT2D eigenvalue weighted by Crippen LogP contribution is 2.27. The van der Waals surface area contributed by atoms with Crippen molar-refractivity contribution in [1.82, 2.24) is 10.6 Å². The summed E-state index contributed by atoms with van der Waals surface area (Å²) in [7, 11) is 0. The van der Waals surface area contributed by atoms with Crippen molar-refractivity contribution < 1.29 is 28.8 Å². The fourth-order valence-electron chi connectivity index (χ4n) is 2.67. The van der Waals surface area contributed by atoms with Crippen molar-refractivity contribution in [2.75, 3.05) is 0 Å². The lowest BCUT2D eigenvalue weighted by atomic mass is 9.98. The number of nitro benzene ring substituents is 1. The van der Waals surface area contributed by atoms with Gasteiger partial charge < -0.3 is 10.1 Å². The number of halogens is 1. The molecule has 2 rings (SSSR count). The molecule has 0 aliphatic heterocycles. The number of ether oxygens (including phenoxy) is 1. The monoisotopic (exact) mass is 475 g/mol. The summed E-state index contributed by atoms with van der Waals surface area (Å²) in [4.78, 5) is 60.0. The Morgan fingerprint density at radius 1 is 1.06 bits per heavy atom. The molecular formula is C22H22ClN3O7. The summed E-state index contributed by atoms with van der Waals surface area (Å²) in [6.07, 6.45) is -1.34. The van der Waals surface area contributed by atoms with Crippen molar-refractivity contribution in [1.29, 1.82) is 0 Å². The summed E-state index contributed by atoms with van der Waals surface area (Å²) < 4.78 is 5.12. The fourth-order valence-corrected chi connectivity index (χ4v) is 2.86. The van der Waals surface area contributed by atoms with Gasteiger partial charge in [-0.2, -0.15) is 0 Å². The molecular weight excluding hydrogens is 454 g/mol. The smallest absolute Gasteiger partial charge is 0.339 e. The van der Waals surface area contributed by atoms with Gasteiger partial charge in [-0.1, -0.05) is 29.8 Å². The van der Waals surface area contributed by atoms with Crippen LogP contribution in [0.15, 0.2) is 42.5 Å². The van der Waals surface area contributed by atoms with Crippen molar-refractivity contribution in [3.8, 4) is 0 Å². The van der Waals surface area contributed by atoms with Crippen molar-refractivity contribution in [3.05, 3.63) is 74.3 Å². The number of ketones is 1. The number of hydrogen-bond donors (Lipinski definition) is 2. The molecule has 10 nitrogen and oxygen atoms in total. The van der Waals surface area contributed by atoms with Crippen LogP contribution in [0, 0.1) is 10.1 Å². The van der Waals surface area contributed by atoms with Gasteiger partial charge in [0.1, 0.15) is 5.02 Å². The SMILES string of the molecule is CC(OC(=O)c1ccccc1C(=O)c1ccc(Cl)c([N+](=O)[O-])c1)C(=O)NC(=O)NC(C)(C)C. The Hall–Kier alpha value is -3.79. The molecule has 2 aromatic carbocycles. The van der Waals surface area contributed by atoms with Crippen LogP contribution < -0.4 is 10.6 Å². The molecule has 0 fully saturated rings. The number of nitrogens with zero attached hydrogens (tertiary/aromatic N) is 1. The molecule has 1 unspecified atom stereocenters. The third kappa shape index (κ3) is 6.84. The van der Waals surface area contributed by atoms with Gasteiger partial charge in [-0.25, -0.2) is 9.59 Å². The Kier molecular flexibility index (Phi) is 7.89. The molecule has 2 N–H and O–H groups in total. The van der Waals surface area contributed by atoms with Gasteiger partial charge in [-0.3, -0.25) is 25.0 Å². The highest BCUT2D eigenvalue weighted by atomic mass is 35.5. The molecule has 174 valence electrons. The van der Waals surface area contributed by atoms with Crippen LogP contribution in [0.1, 0.15) is 54.0 Å². The summed E-state index contributed by atoms with van der Waals surface area (Å²) in [6.45, 7) is 6.45. The summed E-state index contributed by atoms with van der Waals surface area (Å²) in [5.41, 5.74) is -1.34. The fraction of sp³-hybridized carbons (Fsp3) is 0.273. The van der Waals surface area contributed by atoms with Gasteiger partial charge in [0, 0.05) is 22.7 Å². The number of carbonyl (C=O) groups is 4. The third-order valence-electron chi connectivity index (χ3n) is 4.17. The Bertz CT molecular complexity index is 1130. The second kappa shape index (κ2) is 10.2. The van der Waals surface area contributed by atoms with Crippen molar-refractivity contribution in [2.45, 2.75) is 39.3 Å². The number of benzene rings is 2. The number of amides is 3. The van der Waals surface area contributed by atoms with Crippen LogP contribution in [-0.2, 0) is 9.53 Å². The lowest BCUT2D eigenvalue weighted by molar-refractivity contribution is -0.384. The van der Waals surface area contributed by atoms with Gasteiger partial charge in [0.15, 0.2) is 11.9 Å². The summed E-state index contributed by atoms with van der Waals surface area (Å²) in [5.74, 6) is -2.52. The number of carbonyl (C=O) groups excluding carboxylic acids is 4. The highest BCUT2D eigenvalue weighted by molar-refractivity contribution is 6.33. The minimum Gasteiger partial charge on any atom is -0.449 e. The standard InChI is InChI=1S/C22H22ClN3O7/c1-12(19(28)24-21(30)25-22(2,3)4)33-20(29)15-8-6-5-7-14(15)18(27)13-9-10-16(23)17(11-13)26(31)32/h5-12H,1-4H3,(H2,24,25,28,30). The van der Waals surface area contributed by atoms with Crippen molar-refractivity contribution in [3.63, 3.8) is 0 Å². The predicted octanol–water partition coefficient (Wildman–Crippen LogP) is 3.65. The zero-order valence-electron chi connectivity index (χ0n) is 18.3. The topological polar surface area (TPSA) is 145 Å². The minimum absolute atomic E-state index is 0.0593. The summed E-state index contributed by atoms with van der Waals surface area (Å²) in [5, 5.41) is 15.6. The lowest BCUT2D eigenvalue weighted by Gasteiger charge is -2.21. The van der Waals surface area contributed by atoms with E-state index in [1.807, 2.05) is 0 Å². The summed E-state index contributed by atoms with van der Waals surface area (Å²) in [6, 6.07) is 8.41. The molecule has 0 aromatic heterocycles. The zero-order valence-corrected chi connectivity index (χ0v) is 19.1. The molecule has 0 spiro atoms. The average molecular weight is 476 g/mol. The molecule has 1 atom stereocenters. The van der Waals surface area contributed by atoms with Crippen LogP contribution in [-0.4, -0.2) is 40.3 Å². The number of urea groups is 1. The first-order valence-electron chi connectivity index (χ1n) is 9.72. The molecule has 33 heavy (non-hydrogen) atoms. The van der Waals surface area contributed by atoms with E-state index >= 15 is 0 Å². The Labute approximate surface area is 194 Å². The van der Waals surface area contributed by atoms with Gasteiger partial charge >= 0.3 is 12.0 Å². The van der Waals surface area contributed by atoms with Gasteiger partial charge in [0.05, 0.1) is 10.5 Å². The maximum absolute atomic E-state index is 12.9. The van der Waals surface area contributed by atoms with E-state index in [4.69, 9.17) is 16.3 Å². The Morgan fingerprint density at radius 2 is 1.67 bits per heavy atom. The maximum Gasteiger partial charge on any atom is 0.339 e. The Balaban J connectivity index is 2.21. The van der Waals surface area contributed by atoms with Crippen molar-refractivity contribution >= 4 is 41.0 Å². The quantitative estimate of drug-likeness (QED) is 0.280. The minimum atomic E-state index is -1.34. The van der Waals surface area contributed by atoms with Gasteiger partial charge in [-0.15, -0.1) is 0 Å². The first kappa shape index (κ1) is 25.5. The normalized spacial score (nSPS) is 11.8. The van der Waals surface area contributed by atoms with Crippen LogP contribution in [0.2, 0.25) is 5.02 Å². The van der Waals surface area contributed by atoms with E-state index in [0.717, 1.165) is 6.07 Å². The van der Waals surface area contributed by atoms with Crippen LogP contribution in [0.4, 0.5) is 10.5 Å². The van der Waals surface area contributed by atoms with E-state index < -0.39 is 45.9 Å². The van der Waals surface area contributed by atoms with Crippen LogP contribution in [0.5, 0.6) is 0 Å². The van der Waals surface area contributed by atoms with E-state index in [2.05, 4.69) is 10.6 Å². The van der Waals surface area contributed by atoms with E-state index in [1.54, 1.807) is 20.8 Å². The number of hydrogen-bond acceptors (Lipinski definition) is 7. The molecule has 2 aromatic rings. The molecule has 0 aliphatic carbocycles. The number of nitrogens with one attached hydrogen (secondary N) is 2. The molecule has 0 saturated heterocycles. The maximum atomic E-state index is 12.9. The van der Waals surface area contributed by atoms with Gasteiger partial charge in [-0.05, 0) is 45.9 Å². The highest BCUT2D eigenvalue weighted by Gasteiger charge is 2.26. The Morgan fingerprint density at radius 3 is 2.24 bits per heavy atom. The number of rotatable bonds is 6. The number of esters is 1. The first-order valence-corrected chi connectivity index (χ1v) is 10.1. The van der Waals surface area contributed by atoms with Gasteiger partial charge in [0.25, 0.3) is 11.6 Å². The molecule has 0 bridgehead atoms. The van der Waals surface area contributed by atoms with Crippen LogP contribution in [0.25, 0.3) is 0 Å². The predicted molar refractivity (Wildman–Crippen MR) is 119 cm³/mol. The first-order chi connectivity index (χ1) is 15.3. The largest absolute Gasteiger partial charge is 0.449 e. The third-order valence-corrected chi connectivity index (χ3v) is 4.49. The van der Waals surface area contributed by atoms with Crippen LogP contribution in [0.3, 0.4) is 0 Å². The molecule has 0 radical (unpaired) electrons. The zero-order chi connectivity index (χ0) is 24.9. The number of nitro groups is 1. The second-order valence-corrected chi connectivity index (χ2v) is 8.45. The number of imide groups is 1. The second-order valence-electron chi connectivity index (χ2n) is 8.04. The summed E-state index contributed by atoms with van der Waals surface area (Å²) >= 11 is 5.79. The molecule has 0 aliphatic rings.